The first kappa shape index (κ1) is 17.7. The number of carbonyl (C=O) groups is 1. The highest BCUT2D eigenvalue weighted by molar-refractivity contribution is 5.85. The van der Waals surface area contributed by atoms with Crippen LogP contribution in [0.25, 0.3) is 0 Å². The topological polar surface area (TPSA) is 58.4 Å². The standard InChI is InChI=1S/C15H29N3O.ClH/c1-12(16)14-9-5-6-10-18(14)11-15(19)17-13-7-3-2-4-8-13;/h12-14H,2-11,16H2,1H3,(H,17,19);1H. The Balaban J connectivity index is 0.00000200. The van der Waals surface area contributed by atoms with Crippen molar-refractivity contribution in [1.82, 2.24) is 10.2 Å². The first-order chi connectivity index (χ1) is 9.16. The quantitative estimate of drug-likeness (QED) is 0.836. The Morgan fingerprint density at radius 2 is 1.85 bits per heavy atom. The first-order valence-corrected chi connectivity index (χ1v) is 7.96. The Morgan fingerprint density at radius 3 is 2.50 bits per heavy atom. The van der Waals surface area contributed by atoms with Gasteiger partial charge in [-0.2, -0.15) is 0 Å². The molecule has 0 aromatic heterocycles. The van der Waals surface area contributed by atoms with E-state index in [9.17, 15) is 4.79 Å². The predicted octanol–water partition coefficient (Wildman–Crippen LogP) is 2.06. The molecule has 0 aromatic carbocycles. The lowest BCUT2D eigenvalue weighted by atomic mass is 9.95. The number of nitrogens with zero attached hydrogens (tertiary/aromatic N) is 1. The number of carbonyl (C=O) groups excluding carboxylic acids is 1. The average molecular weight is 304 g/mol. The van der Waals surface area contributed by atoms with Crippen LogP contribution in [0.3, 0.4) is 0 Å². The molecule has 1 aliphatic carbocycles. The van der Waals surface area contributed by atoms with E-state index < -0.39 is 0 Å². The van der Waals surface area contributed by atoms with E-state index in [4.69, 9.17) is 5.73 Å². The Morgan fingerprint density at radius 1 is 1.20 bits per heavy atom. The van der Waals surface area contributed by atoms with Crippen LogP contribution < -0.4 is 11.1 Å². The van der Waals surface area contributed by atoms with Crippen LogP contribution in [-0.2, 0) is 4.79 Å². The third-order valence-corrected chi connectivity index (χ3v) is 4.59. The summed E-state index contributed by atoms with van der Waals surface area (Å²) in [6, 6.07) is 0.952. The van der Waals surface area contributed by atoms with Gasteiger partial charge >= 0.3 is 0 Å². The van der Waals surface area contributed by atoms with Crippen molar-refractivity contribution in [1.29, 1.82) is 0 Å². The largest absolute Gasteiger partial charge is 0.352 e. The van der Waals surface area contributed by atoms with E-state index in [2.05, 4.69) is 17.1 Å². The molecule has 2 atom stereocenters. The molecule has 1 heterocycles. The van der Waals surface area contributed by atoms with Gasteiger partial charge in [0.15, 0.2) is 0 Å². The molecule has 0 radical (unpaired) electrons. The van der Waals surface area contributed by atoms with Crippen molar-refractivity contribution in [2.75, 3.05) is 13.1 Å². The van der Waals surface area contributed by atoms with Crippen molar-refractivity contribution in [2.24, 2.45) is 5.73 Å². The summed E-state index contributed by atoms with van der Waals surface area (Å²) < 4.78 is 0. The molecule has 2 unspecified atom stereocenters. The number of hydrogen-bond acceptors (Lipinski definition) is 3. The fraction of sp³-hybridized carbons (Fsp3) is 0.933. The third kappa shape index (κ3) is 5.23. The van der Waals surface area contributed by atoms with Gasteiger partial charge in [0.2, 0.25) is 5.91 Å². The smallest absolute Gasteiger partial charge is 0.234 e. The van der Waals surface area contributed by atoms with Crippen LogP contribution in [0.4, 0.5) is 0 Å². The van der Waals surface area contributed by atoms with Gasteiger partial charge in [0.25, 0.3) is 0 Å². The molecule has 1 saturated heterocycles. The number of piperidine rings is 1. The number of amides is 1. The molecule has 20 heavy (non-hydrogen) atoms. The maximum Gasteiger partial charge on any atom is 0.234 e. The molecule has 118 valence electrons. The summed E-state index contributed by atoms with van der Waals surface area (Å²) in [7, 11) is 0. The van der Waals surface area contributed by atoms with Gasteiger partial charge in [-0.25, -0.2) is 0 Å². The Hall–Kier alpha value is -0.320. The van der Waals surface area contributed by atoms with Crippen LogP contribution in [-0.4, -0.2) is 42.0 Å². The lowest BCUT2D eigenvalue weighted by molar-refractivity contribution is -0.124. The SMILES string of the molecule is CC(N)C1CCCCN1CC(=O)NC1CCCCC1.Cl. The maximum atomic E-state index is 12.2. The number of likely N-dealkylation sites (tertiary alicyclic amines) is 1. The van der Waals surface area contributed by atoms with Crippen molar-refractivity contribution in [3.63, 3.8) is 0 Å². The van der Waals surface area contributed by atoms with E-state index in [1.807, 2.05) is 0 Å². The third-order valence-electron chi connectivity index (χ3n) is 4.59. The summed E-state index contributed by atoms with van der Waals surface area (Å²) in [5.74, 6) is 0.194. The van der Waals surface area contributed by atoms with Gasteiger partial charge < -0.3 is 11.1 Å². The summed E-state index contributed by atoms with van der Waals surface area (Å²) in [5.41, 5.74) is 6.04. The van der Waals surface area contributed by atoms with Crippen molar-refractivity contribution in [2.45, 2.75) is 76.4 Å². The van der Waals surface area contributed by atoms with E-state index >= 15 is 0 Å². The van der Waals surface area contributed by atoms with Crippen molar-refractivity contribution >= 4 is 18.3 Å². The predicted molar refractivity (Wildman–Crippen MR) is 85.1 cm³/mol. The van der Waals surface area contributed by atoms with Crippen molar-refractivity contribution in [3.8, 4) is 0 Å². The fourth-order valence-corrected chi connectivity index (χ4v) is 3.51. The minimum absolute atomic E-state index is 0. The molecular formula is C15H30ClN3O. The van der Waals surface area contributed by atoms with Gasteiger partial charge in [0, 0.05) is 18.1 Å². The van der Waals surface area contributed by atoms with Crippen molar-refractivity contribution < 1.29 is 4.79 Å². The van der Waals surface area contributed by atoms with Gasteiger partial charge in [-0.1, -0.05) is 25.7 Å². The zero-order valence-electron chi connectivity index (χ0n) is 12.6. The lowest BCUT2D eigenvalue weighted by Crippen LogP contribution is -2.53. The Kier molecular flexibility index (Phi) is 7.85. The highest BCUT2D eigenvalue weighted by Crippen LogP contribution is 2.20. The number of hydrogen-bond donors (Lipinski definition) is 2. The second-order valence-corrected chi connectivity index (χ2v) is 6.30. The van der Waals surface area contributed by atoms with Crippen LogP contribution in [0.2, 0.25) is 0 Å². The minimum atomic E-state index is 0. The fourth-order valence-electron chi connectivity index (χ4n) is 3.51. The molecule has 0 aromatic rings. The molecule has 1 saturated carbocycles. The highest BCUT2D eigenvalue weighted by Gasteiger charge is 2.27. The van der Waals surface area contributed by atoms with E-state index in [-0.39, 0.29) is 24.4 Å². The Labute approximate surface area is 129 Å². The van der Waals surface area contributed by atoms with Crippen molar-refractivity contribution in [3.05, 3.63) is 0 Å². The average Bonchev–Trinajstić information content (AvgIpc) is 2.40. The van der Waals surface area contributed by atoms with Crippen LogP contribution in [0.5, 0.6) is 0 Å². The maximum absolute atomic E-state index is 12.2. The molecule has 2 aliphatic rings. The number of halogens is 1. The molecule has 3 N–H and O–H groups in total. The van der Waals surface area contributed by atoms with Crippen LogP contribution in [0.1, 0.15) is 58.3 Å². The minimum Gasteiger partial charge on any atom is -0.352 e. The lowest BCUT2D eigenvalue weighted by Gasteiger charge is -2.37. The van der Waals surface area contributed by atoms with Gasteiger partial charge in [-0.15, -0.1) is 12.4 Å². The normalized spacial score (nSPS) is 26.6. The number of nitrogens with one attached hydrogen (secondary N) is 1. The van der Waals surface area contributed by atoms with Gasteiger partial charge in [0.1, 0.15) is 0 Å². The summed E-state index contributed by atoms with van der Waals surface area (Å²) in [5, 5.41) is 3.20. The second kappa shape index (κ2) is 8.85. The van der Waals surface area contributed by atoms with E-state index in [0.29, 0.717) is 18.6 Å². The van der Waals surface area contributed by atoms with E-state index in [0.717, 1.165) is 25.8 Å². The molecule has 5 heteroatoms. The zero-order chi connectivity index (χ0) is 13.7. The summed E-state index contributed by atoms with van der Waals surface area (Å²) in [4.78, 5) is 14.4. The molecule has 2 rings (SSSR count). The summed E-state index contributed by atoms with van der Waals surface area (Å²) in [6.07, 6.45) is 9.73. The Bertz CT molecular complexity index is 293. The summed E-state index contributed by atoms with van der Waals surface area (Å²) >= 11 is 0. The van der Waals surface area contributed by atoms with Crippen LogP contribution >= 0.6 is 12.4 Å². The second-order valence-electron chi connectivity index (χ2n) is 6.30. The number of rotatable bonds is 4. The molecule has 1 amide bonds. The molecule has 1 aliphatic heterocycles. The molecule has 4 nitrogen and oxygen atoms in total. The van der Waals surface area contributed by atoms with Crippen LogP contribution in [0.15, 0.2) is 0 Å². The summed E-state index contributed by atoms with van der Waals surface area (Å²) in [6.45, 7) is 3.61. The zero-order valence-corrected chi connectivity index (χ0v) is 13.5. The molecule has 2 fully saturated rings. The molecular weight excluding hydrogens is 274 g/mol. The molecule has 0 bridgehead atoms. The van der Waals surface area contributed by atoms with Gasteiger partial charge in [-0.3, -0.25) is 9.69 Å². The van der Waals surface area contributed by atoms with E-state index in [1.54, 1.807) is 0 Å². The highest BCUT2D eigenvalue weighted by atomic mass is 35.5. The van der Waals surface area contributed by atoms with Gasteiger partial charge in [-0.05, 0) is 39.2 Å². The van der Waals surface area contributed by atoms with E-state index in [1.165, 1.54) is 32.1 Å². The van der Waals surface area contributed by atoms with Crippen LogP contribution in [0, 0.1) is 0 Å². The monoisotopic (exact) mass is 303 g/mol. The van der Waals surface area contributed by atoms with Gasteiger partial charge in [0.05, 0.1) is 6.54 Å². The molecule has 0 spiro atoms. The number of nitrogens with two attached hydrogens (primary N) is 1. The first-order valence-electron chi connectivity index (χ1n) is 7.96.